The summed E-state index contributed by atoms with van der Waals surface area (Å²) >= 11 is 0. The van der Waals surface area contributed by atoms with E-state index < -0.39 is 5.41 Å². The fourth-order valence-corrected chi connectivity index (χ4v) is 10.4. The van der Waals surface area contributed by atoms with Crippen LogP contribution in [-0.4, -0.2) is 11.9 Å². The average Bonchev–Trinajstić information content (AvgIpc) is 3.71. The summed E-state index contributed by atoms with van der Waals surface area (Å²) < 4.78 is 0. The van der Waals surface area contributed by atoms with Crippen molar-refractivity contribution in [2.45, 2.75) is 5.41 Å². The molecule has 0 saturated heterocycles. The summed E-state index contributed by atoms with van der Waals surface area (Å²) in [5.74, 6) is 0. The zero-order chi connectivity index (χ0) is 45.4. The van der Waals surface area contributed by atoms with Crippen molar-refractivity contribution in [2.75, 3.05) is 4.90 Å². The van der Waals surface area contributed by atoms with Crippen LogP contribution in [0, 0.1) is 5.41 Å². The lowest BCUT2D eigenvalue weighted by Crippen LogP contribution is -2.36. The molecule has 1 aliphatic heterocycles. The van der Waals surface area contributed by atoms with Crippen LogP contribution in [0.3, 0.4) is 0 Å². The van der Waals surface area contributed by atoms with E-state index in [2.05, 4.69) is 199 Å². The van der Waals surface area contributed by atoms with Gasteiger partial charge in [-0.25, -0.2) is 0 Å². The molecule has 10 aromatic rings. The van der Waals surface area contributed by atoms with E-state index >= 15 is 0 Å². The van der Waals surface area contributed by atoms with E-state index in [0.717, 1.165) is 50.3 Å². The summed E-state index contributed by atoms with van der Waals surface area (Å²) in [6.07, 6.45) is 3.74. The summed E-state index contributed by atoms with van der Waals surface area (Å²) in [5.41, 5.74) is 21.6. The molecule has 3 heteroatoms. The molecule has 0 atom stereocenters. The largest absolute Gasteiger partial charge is 0.310 e. The number of fused-ring (bicyclic) bond motifs is 9. The van der Waals surface area contributed by atoms with Gasteiger partial charge >= 0.3 is 0 Å². The van der Waals surface area contributed by atoms with Crippen LogP contribution in [0.25, 0.3) is 50.2 Å². The van der Waals surface area contributed by atoms with Gasteiger partial charge in [-0.2, -0.15) is 0 Å². The third-order valence-electron chi connectivity index (χ3n) is 13.6. The highest BCUT2D eigenvalue weighted by atomic mass is 15.2. The van der Waals surface area contributed by atoms with E-state index in [0.29, 0.717) is 5.71 Å². The van der Waals surface area contributed by atoms with Gasteiger partial charge in [0, 0.05) is 17.5 Å². The topological polar surface area (TPSA) is 39.5 Å². The van der Waals surface area contributed by atoms with Gasteiger partial charge in [0.25, 0.3) is 0 Å². The van der Waals surface area contributed by atoms with E-state index in [-0.39, 0.29) is 0 Å². The first-order valence-electron chi connectivity index (χ1n) is 23.2. The van der Waals surface area contributed by atoms with Crippen molar-refractivity contribution < 1.29 is 0 Å². The zero-order valence-electron chi connectivity index (χ0n) is 37.3. The smallest absolute Gasteiger partial charge is 0.0754 e. The maximum absolute atomic E-state index is 9.00. The van der Waals surface area contributed by atoms with Crippen LogP contribution in [0.15, 0.2) is 266 Å². The fourth-order valence-electron chi connectivity index (χ4n) is 10.4. The normalized spacial score (nSPS) is 13.2. The van der Waals surface area contributed by atoms with Gasteiger partial charge in [0.2, 0.25) is 0 Å². The molecule has 0 radical (unpaired) electrons. The minimum atomic E-state index is -0.500. The molecule has 0 saturated carbocycles. The van der Waals surface area contributed by atoms with Crippen LogP contribution in [0.5, 0.6) is 0 Å². The van der Waals surface area contributed by atoms with E-state index in [4.69, 9.17) is 10.4 Å². The van der Waals surface area contributed by atoms with Crippen molar-refractivity contribution >= 4 is 34.7 Å². The Labute approximate surface area is 397 Å². The molecule has 2 aliphatic rings. The third-order valence-corrected chi connectivity index (χ3v) is 13.6. The van der Waals surface area contributed by atoms with Gasteiger partial charge < -0.3 is 10.3 Å². The van der Waals surface area contributed by atoms with E-state index in [1.165, 1.54) is 55.9 Å². The number of benzene rings is 10. The number of allylic oxidation sites excluding steroid dienone is 1. The highest BCUT2D eigenvalue weighted by Gasteiger charge is 2.51. The first kappa shape index (κ1) is 40.6. The van der Waals surface area contributed by atoms with Gasteiger partial charge in [0.05, 0.1) is 28.2 Å². The van der Waals surface area contributed by atoms with Crippen molar-refractivity contribution in [1.82, 2.24) is 0 Å². The van der Waals surface area contributed by atoms with Crippen LogP contribution < -0.4 is 4.90 Å². The molecule has 0 fully saturated rings. The summed E-state index contributed by atoms with van der Waals surface area (Å²) in [4.78, 5) is 7.38. The molecule has 12 rings (SSSR count). The Morgan fingerprint density at radius 1 is 0.382 bits per heavy atom. The molecular weight excluding hydrogens is 823 g/mol. The molecule has 1 heterocycles. The summed E-state index contributed by atoms with van der Waals surface area (Å²) in [7, 11) is 0. The second-order valence-electron chi connectivity index (χ2n) is 17.5. The molecular formula is C65H45N3. The lowest BCUT2D eigenvalue weighted by atomic mass is 9.64. The van der Waals surface area contributed by atoms with Crippen molar-refractivity contribution in [3.63, 3.8) is 0 Å². The van der Waals surface area contributed by atoms with Crippen molar-refractivity contribution in [3.05, 3.63) is 300 Å². The quantitative estimate of drug-likeness (QED) is 0.144. The Morgan fingerprint density at radius 3 is 1.47 bits per heavy atom. The Kier molecular flexibility index (Phi) is 10.2. The summed E-state index contributed by atoms with van der Waals surface area (Å²) in [6.45, 7) is 0. The first-order chi connectivity index (χ1) is 33.6. The summed E-state index contributed by atoms with van der Waals surface area (Å²) in [6, 6.07) is 90.8. The molecule has 0 unspecified atom stereocenters. The van der Waals surface area contributed by atoms with Crippen LogP contribution >= 0.6 is 0 Å². The Bertz CT molecular complexity index is 3490. The number of anilines is 3. The van der Waals surface area contributed by atoms with Gasteiger partial charge in [0.1, 0.15) is 0 Å². The van der Waals surface area contributed by atoms with Gasteiger partial charge in [-0.15, -0.1) is 0 Å². The highest BCUT2D eigenvalue weighted by Crippen LogP contribution is 2.63. The van der Waals surface area contributed by atoms with Crippen LogP contribution in [-0.2, 0) is 5.41 Å². The van der Waals surface area contributed by atoms with Crippen LogP contribution in [0.1, 0.15) is 38.9 Å². The SMILES string of the molecule is N=C(/C=C(\N=Cc1ccc(-c2ccc(-c3ccc4c(c3)C3(c5ccccc5-4)c4ccccc4N(c4ccccc4)c4ccccc43)cc2)cc1)c1ccccc1)c1ccc(-c2ccccc2)cc1. The number of aliphatic imine (C=N–C) groups is 1. The van der Waals surface area contributed by atoms with Crippen LogP contribution in [0.2, 0.25) is 0 Å². The highest BCUT2D eigenvalue weighted by molar-refractivity contribution is 6.11. The molecule has 0 aromatic heterocycles. The maximum Gasteiger partial charge on any atom is 0.0754 e. The molecule has 1 N–H and O–H groups in total. The average molecular weight is 868 g/mol. The van der Waals surface area contributed by atoms with Crippen molar-refractivity contribution in [1.29, 1.82) is 5.41 Å². The number of para-hydroxylation sites is 3. The summed E-state index contributed by atoms with van der Waals surface area (Å²) in [5, 5.41) is 9.00. The van der Waals surface area contributed by atoms with Gasteiger partial charge in [0.15, 0.2) is 0 Å². The second kappa shape index (κ2) is 17.1. The van der Waals surface area contributed by atoms with E-state index in [9.17, 15) is 0 Å². The minimum Gasteiger partial charge on any atom is -0.310 e. The predicted molar refractivity (Wildman–Crippen MR) is 284 cm³/mol. The maximum atomic E-state index is 9.00. The number of nitrogens with zero attached hydrogens (tertiary/aromatic N) is 2. The minimum absolute atomic E-state index is 0.406. The van der Waals surface area contributed by atoms with E-state index in [1.807, 2.05) is 73.0 Å². The standard InChI is InChI=1S/C65H45N3/c66-61(51-38-36-48(37-39-51)46-16-4-1-5-17-46)43-62(52-18-6-2-7-19-52)67-44-45-28-30-47(31-29-45)49-32-34-50(35-33-49)53-40-41-56-55-22-10-11-23-57(55)65(60(56)42-53)58-24-12-14-26-63(58)68(54-20-8-3-9-21-54)64-27-15-13-25-59(64)65/h1-44,66H/b62-43-,66-61?,67-44?. The number of hydrogen-bond acceptors (Lipinski definition) is 3. The molecule has 0 bridgehead atoms. The molecule has 10 aromatic carbocycles. The molecule has 1 aliphatic carbocycles. The number of rotatable bonds is 9. The predicted octanol–water partition coefficient (Wildman–Crippen LogP) is 16.4. The third kappa shape index (κ3) is 7.01. The number of hydrogen-bond donors (Lipinski definition) is 1. The van der Waals surface area contributed by atoms with Gasteiger partial charge in [-0.3, -0.25) is 4.99 Å². The van der Waals surface area contributed by atoms with Gasteiger partial charge in [-0.05, 0) is 114 Å². The van der Waals surface area contributed by atoms with Gasteiger partial charge in [-0.1, -0.05) is 224 Å². The van der Waals surface area contributed by atoms with Crippen molar-refractivity contribution in [2.24, 2.45) is 4.99 Å². The first-order valence-corrected chi connectivity index (χ1v) is 23.2. The lowest BCUT2D eigenvalue weighted by molar-refractivity contribution is 0.753. The van der Waals surface area contributed by atoms with Crippen LogP contribution in [0.4, 0.5) is 17.1 Å². The zero-order valence-corrected chi connectivity index (χ0v) is 37.3. The Hall–Kier alpha value is -8.92. The molecule has 0 amide bonds. The Balaban J connectivity index is 0.842. The van der Waals surface area contributed by atoms with Crippen molar-refractivity contribution in [3.8, 4) is 44.5 Å². The second-order valence-corrected chi connectivity index (χ2v) is 17.5. The number of nitrogens with one attached hydrogen (secondary N) is 1. The fraction of sp³-hybridized carbons (Fsp3) is 0.0154. The Morgan fingerprint density at radius 2 is 0.838 bits per heavy atom. The molecule has 1 spiro atoms. The monoisotopic (exact) mass is 867 g/mol. The molecule has 3 nitrogen and oxygen atoms in total. The molecule has 68 heavy (non-hydrogen) atoms. The van der Waals surface area contributed by atoms with E-state index in [1.54, 1.807) is 0 Å². The molecule has 320 valence electrons. The lowest BCUT2D eigenvalue weighted by Gasteiger charge is -2.45.